The lowest BCUT2D eigenvalue weighted by Gasteiger charge is -2.11. The first-order valence-corrected chi connectivity index (χ1v) is 8.66. The van der Waals surface area contributed by atoms with E-state index >= 15 is 0 Å². The standard InChI is InChI=1S/C20H25NO3/c1-3-5-6-10-13-16-19(20(23)24-4-2)18(22)14-17(21-16)15-11-8-7-9-12-15/h7-9,11-12,14H,3-6,10,13H2,1-2H3,(H,21,22). The highest BCUT2D eigenvalue weighted by molar-refractivity contribution is 5.91. The predicted octanol–water partition coefficient (Wildman–Crippen LogP) is 4.34. The van der Waals surface area contributed by atoms with Crippen LogP contribution >= 0.6 is 0 Å². The fraction of sp³-hybridized carbons (Fsp3) is 0.400. The molecular weight excluding hydrogens is 302 g/mol. The topological polar surface area (TPSA) is 59.2 Å². The first-order chi connectivity index (χ1) is 11.7. The smallest absolute Gasteiger partial charge is 0.343 e. The normalized spacial score (nSPS) is 10.6. The van der Waals surface area contributed by atoms with Crippen LogP contribution in [0.25, 0.3) is 11.3 Å². The Balaban J connectivity index is 2.39. The molecule has 0 bridgehead atoms. The highest BCUT2D eigenvalue weighted by Gasteiger charge is 2.18. The average Bonchev–Trinajstić information content (AvgIpc) is 2.59. The highest BCUT2D eigenvalue weighted by atomic mass is 16.5. The van der Waals surface area contributed by atoms with Crippen molar-refractivity contribution in [3.8, 4) is 11.3 Å². The molecule has 0 spiro atoms. The summed E-state index contributed by atoms with van der Waals surface area (Å²) in [7, 11) is 0. The molecule has 24 heavy (non-hydrogen) atoms. The maximum Gasteiger partial charge on any atom is 0.343 e. The molecule has 4 heteroatoms. The van der Waals surface area contributed by atoms with Gasteiger partial charge in [-0.1, -0.05) is 56.5 Å². The Morgan fingerprint density at radius 3 is 2.50 bits per heavy atom. The number of nitrogens with one attached hydrogen (secondary N) is 1. The highest BCUT2D eigenvalue weighted by Crippen LogP contribution is 2.18. The number of unbranched alkanes of at least 4 members (excludes halogenated alkanes) is 3. The van der Waals surface area contributed by atoms with Crippen LogP contribution in [0.1, 0.15) is 55.6 Å². The minimum atomic E-state index is -0.538. The van der Waals surface area contributed by atoms with Crippen molar-refractivity contribution in [2.45, 2.75) is 46.0 Å². The van der Waals surface area contributed by atoms with Crippen LogP contribution in [0.15, 0.2) is 41.2 Å². The Bertz CT molecular complexity index is 719. The minimum absolute atomic E-state index is 0.146. The van der Waals surface area contributed by atoms with Gasteiger partial charge in [0.05, 0.1) is 6.61 Å². The van der Waals surface area contributed by atoms with Gasteiger partial charge in [-0.25, -0.2) is 4.79 Å². The van der Waals surface area contributed by atoms with E-state index in [1.807, 2.05) is 30.3 Å². The van der Waals surface area contributed by atoms with E-state index < -0.39 is 5.97 Å². The summed E-state index contributed by atoms with van der Waals surface area (Å²) in [5.41, 5.74) is 2.21. The van der Waals surface area contributed by atoms with Crippen LogP contribution in [-0.2, 0) is 11.2 Å². The van der Waals surface area contributed by atoms with Gasteiger partial charge in [-0.15, -0.1) is 0 Å². The third-order valence-corrected chi connectivity index (χ3v) is 3.95. The van der Waals surface area contributed by atoms with Crippen molar-refractivity contribution >= 4 is 5.97 Å². The molecule has 0 aliphatic rings. The summed E-state index contributed by atoms with van der Waals surface area (Å²) < 4.78 is 5.06. The molecule has 0 fully saturated rings. The van der Waals surface area contributed by atoms with Crippen molar-refractivity contribution in [3.05, 3.63) is 57.9 Å². The lowest BCUT2D eigenvalue weighted by molar-refractivity contribution is 0.0523. The second-order valence-electron chi connectivity index (χ2n) is 5.80. The predicted molar refractivity (Wildman–Crippen MR) is 96.3 cm³/mol. The summed E-state index contributed by atoms with van der Waals surface area (Å²) in [6, 6.07) is 11.1. The molecule has 128 valence electrons. The fourth-order valence-electron chi connectivity index (χ4n) is 2.73. The zero-order valence-corrected chi connectivity index (χ0v) is 14.4. The second kappa shape index (κ2) is 9.06. The van der Waals surface area contributed by atoms with E-state index in [2.05, 4.69) is 11.9 Å². The molecule has 1 aromatic heterocycles. The number of rotatable bonds is 8. The molecule has 0 saturated heterocycles. The van der Waals surface area contributed by atoms with Crippen LogP contribution in [-0.4, -0.2) is 17.6 Å². The maximum atomic E-state index is 12.5. The number of aromatic nitrogens is 1. The van der Waals surface area contributed by atoms with Gasteiger partial charge in [0.1, 0.15) is 5.56 Å². The molecule has 0 radical (unpaired) electrons. The monoisotopic (exact) mass is 327 g/mol. The summed E-state index contributed by atoms with van der Waals surface area (Å²) in [5, 5.41) is 0. The van der Waals surface area contributed by atoms with Crippen molar-refractivity contribution in [3.63, 3.8) is 0 Å². The first kappa shape index (κ1) is 18.0. The quantitative estimate of drug-likeness (QED) is 0.579. The number of esters is 1. The van der Waals surface area contributed by atoms with Gasteiger partial charge in [-0.05, 0) is 25.3 Å². The Morgan fingerprint density at radius 1 is 1.08 bits per heavy atom. The number of carbonyl (C=O) groups excluding carboxylic acids is 1. The number of carbonyl (C=O) groups is 1. The Hall–Kier alpha value is -2.36. The second-order valence-corrected chi connectivity index (χ2v) is 5.80. The molecule has 0 aliphatic carbocycles. The van der Waals surface area contributed by atoms with Gasteiger partial charge in [0.25, 0.3) is 0 Å². The summed E-state index contributed by atoms with van der Waals surface area (Å²) in [4.78, 5) is 28.0. The van der Waals surface area contributed by atoms with E-state index in [9.17, 15) is 9.59 Å². The zero-order chi connectivity index (χ0) is 17.4. The summed E-state index contributed by atoms with van der Waals surface area (Å²) >= 11 is 0. The van der Waals surface area contributed by atoms with E-state index in [0.29, 0.717) is 12.1 Å². The third-order valence-electron chi connectivity index (χ3n) is 3.95. The molecule has 0 aliphatic heterocycles. The van der Waals surface area contributed by atoms with Gasteiger partial charge in [0, 0.05) is 17.5 Å². The van der Waals surface area contributed by atoms with Crippen LogP contribution in [0.4, 0.5) is 0 Å². The number of hydrogen-bond acceptors (Lipinski definition) is 3. The lowest BCUT2D eigenvalue weighted by Crippen LogP contribution is -2.21. The van der Waals surface area contributed by atoms with Crippen molar-refractivity contribution in [2.24, 2.45) is 0 Å². The van der Waals surface area contributed by atoms with Crippen molar-refractivity contribution in [2.75, 3.05) is 6.61 Å². The lowest BCUT2D eigenvalue weighted by atomic mass is 10.0. The van der Waals surface area contributed by atoms with Gasteiger partial charge in [0.2, 0.25) is 0 Å². The van der Waals surface area contributed by atoms with E-state index in [1.54, 1.807) is 6.92 Å². The fourth-order valence-corrected chi connectivity index (χ4v) is 2.73. The van der Waals surface area contributed by atoms with Crippen molar-refractivity contribution in [1.29, 1.82) is 0 Å². The summed E-state index contributed by atoms with van der Waals surface area (Å²) in [6.07, 6.45) is 4.98. The van der Waals surface area contributed by atoms with E-state index in [1.165, 1.54) is 6.07 Å². The number of H-pyrrole nitrogens is 1. The average molecular weight is 327 g/mol. The van der Waals surface area contributed by atoms with Gasteiger partial charge in [-0.2, -0.15) is 0 Å². The molecular formula is C20H25NO3. The zero-order valence-electron chi connectivity index (χ0n) is 14.4. The number of benzene rings is 1. The van der Waals surface area contributed by atoms with Crippen LogP contribution < -0.4 is 5.43 Å². The molecule has 0 unspecified atom stereocenters. The van der Waals surface area contributed by atoms with Crippen LogP contribution in [0.2, 0.25) is 0 Å². The van der Waals surface area contributed by atoms with Crippen LogP contribution in [0, 0.1) is 0 Å². The molecule has 1 N–H and O–H groups in total. The Morgan fingerprint density at radius 2 is 1.83 bits per heavy atom. The minimum Gasteiger partial charge on any atom is -0.462 e. The number of aryl methyl sites for hydroxylation is 1. The van der Waals surface area contributed by atoms with E-state index in [4.69, 9.17) is 4.74 Å². The Labute approximate surface area is 142 Å². The molecule has 2 aromatic rings. The summed E-state index contributed by atoms with van der Waals surface area (Å²) in [5.74, 6) is -0.538. The number of ether oxygens (including phenoxy) is 1. The number of pyridine rings is 1. The van der Waals surface area contributed by atoms with Gasteiger partial charge in [0.15, 0.2) is 5.43 Å². The first-order valence-electron chi connectivity index (χ1n) is 8.66. The van der Waals surface area contributed by atoms with Gasteiger partial charge < -0.3 is 9.72 Å². The van der Waals surface area contributed by atoms with E-state index in [-0.39, 0.29) is 17.6 Å². The molecule has 1 aromatic carbocycles. The van der Waals surface area contributed by atoms with Crippen LogP contribution in [0.5, 0.6) is 0 Å². The molecule has 4 nitrogen and oxygen atoms in total. The largest absolute Gasteiger partial charge is 0.462 e. The molecule has 1 heterocycles. The van der Waals surface area contributed by atoms with Gasteiger partial charge in [-0.3, -0.25) is 4.79 Å². The van der Waals surface area contributed by atoms with E-state index in [0.717, 1.165) is 36.9 Å². The number of aromatic amines is 1. The molecule has 0 amide bonds. The van der Waals surface area contributed by atoms with Crippen LogP contribution in [0.3, 0.4) is 0 Å². The molecule has 2 rings (SSSR count). The molecule has 0 atom stereocenters. The SMILES string of the molecule is CCCCCCc1[nH]c(-c2ccccc2)cc(=O)c1C(=O)OCC. The van der Waals surface area contributed by atoms with Crippen molar-refractivity contribution in [1.82, 2.24) is 4.98 Å². The summed E-state index contributed by atoms with van der Waals surface area (Å²) in [6.45, 7) is 4.15. The maximum absolute atomic E-state index is 12.5. The van der Waals surface area contributed by atoms with Gasteiger partial charge >= 0.3 is 5.97 Å². The number of hydrogen-bond donors (Lipinski definition) is 1. The third kappa shape index (κ3) is 4.57. The Kier molecular flexibility index (Phi) is 6.79. The van der Waals surface area contributed by atoms with Crippen molar-refractivity contribution < 1.29 is 9.53 Å². The molecule has 0 saturated carbocycles.